The first-order valence-corrected chi connectivity index (χ1v) is 18.9. The van der Waals surface area contributed by atoms with Gasteiger partial charge in [-0.3, -0.25) is 0 Å². The second-order valence-electron chi connectivity index (χ2n) is 11.3. The third kappa shape index (κ3) is 9.35. The monoisotopic (exact) mass is 603 g/mol. The van der Waals surface area contributed by atoms with Gasteiger partial charge in [-0.05, 0) is 58.8 Å². The summed E-state index contributed by atoms with van der Waals surface area (Å²) in [6, 6.07) is 22.0. The third-order valence-corrected chi connectivity index (χ3v) is 10.7. The van der Waals surface area contributed by atoms with Gasteiger partial charge >= 0.3 is 0 Å². The van der Waals surface area contributed by atoms with Gasteiger partial charge in [-0.15, -0.1) is 0 Å². The van der Waals surface area contributed by atoms with Crippen LogP contribution in [-0.4, -0.2) is 71.2 Å². The van der Waals surface area contributed by atoms with Crippen LogP contribution in [0.3, 0.4) is 0 Å². The first-order valence-electron chi connectivity index (χ1n) is 14.9. The maximum atomic E-state index is 9.38. The minimum atomic E-state index is -0.266. The van der Waals surface area contributed by atoms with E-state index in [2.05, 4.69) is 79.3 Å². The molecule has 2 aromatic heterocycles. The molecule has 8 nitrogen and oxygen atoms in total. The highest BCUT2D eigenvalue weighted by atomic mass is 28.2. The minimum absolute atomic E-state index is 0.266. The molecule has 0 spiro atoms. The molecule has 224 valence electrons. The predicted octanol–water partition coefficient (Wildman–Crippen LogP) is 4.49. The molecular formula is C32H45N5O3Si2. The minimum Gasteiger partial charge on any atom is -0.411 e. The molecule has 1 N–H and O–H groups in total. The van der Waals surface area contributed by atoms with Crippen LogP contribution in [0.2, 0.25) is 12.1 Å². The summed E-state index contributed by atoms with van der Waals surface area (Å²) in [5.41, 5.74) is 9.94. The van der Waals surface area contributed by atoms with E-state index < -0.39 is 0 Å². The number of fused-ring (bicyclic) bond motifs is 1. The molecule has 0 bridgehead atoms. The summed E-state index contributed by atoms with van der Waals surface area (Å²) in [5, 5.41) is 17.2. The molecule has 0 atom stereocenters. The number of aryl methyl sites for hydroxylation is 4. The fraction of sp³-hybridized carbons (Fsp3) is 0.406. The third-order valence-electron chi connectivity index (χ3n) is 7.25. The van der Waals surface area contributed by atoms with Crippen LogP contribution in [0.4, 0.5) is 5.82 Å². The van der Waals surface area contributed by atoms with Crippen LogP contribution in [0, 0.1) is 27.7 Å². The quantitative estimate of drug-likeness (QED) is 0.0508. The van der Waals surface area contributed by atoms with Crippen molar-refractivity contribution in [3.05, 3.63) is 93.8 Å². The number of aromatic nitrogens is 3. The summed E-state index contributed by atoms with van der Waals surface area (Å²) in [5.74, 6) is 0.794. The maximum Gasteiger partial charge on any atom is 0.158 e. The Bertz CT molecular complexity index is 1390. The zero-order valence-corrected chi connectivity index (χ0v) is 28.6. The van der Waals surface area contributed by atoms with Gasteiger partial charge in [0.05, 0.1) is 11.9 Å². The Hall–Kier alpha value is -3.32. The number of benzene rings is 2. The molecule has 0 fully saturated rings. The number of anilines is 1. The van der Waals surface area contributed by atoms with Crippen molar-refractivity contribution in [1.29, 1.82) is 0 Å². The highest BCUT2D eigenvalue weighted by molar-refractivity contribution is 6.35. The van der Waals surface area contributed by atoms with E-state index in [0.29, 0.717) is 43.7 Å². The molecule has 4 aromatic rings. The van der Waals surface area contributed by atoms with Crippen molar-refractivity contribution in [1.82, 2.24) is 14.6 Å². The van der Waals surface area contributed by atoms with E-state index in [4.69, 9.17) is 9.47 Å². The number of oxime groups is 1. The van der Waals surface area contributed by atoms with Crippen LogP contribution >= 0.6 is 0 Å². The summed E-state index contributed by atoms with van der Waals surface area (Å²) in [7, 11) is -0.533. The molecule has 0 aliphatic carbocycles. The van der Waals surface area contributed by atoms with Gasteiger partial charge in [-0.2, -0.15) is 9.61 Å². The molecule has 0 radical (unpaired) electrons. The van der Waals surface area contributed by atoms with E-state index in [0.717, 1.165) is 17.9 Å². The highest BCUT2D eigenvalue weighted by Crippen LogP contribution is 2.19. The van der Waals surface area contributed by atoms with Crippen LogP contribution in [0.15, 0.2) is 59.9 Å². The van der Waals surface area contributed by atoms with Crippen molar-refractivity contribution in [3.8, 4) is 0 Å². The Morgan fingerprint density at radius 1 is 0.833 bits per heavy atom. The number of nitrogens with zero attached hydrogens (tertiary/aromatic N) is 5. The average Bonchev–Trinajstić information content (AvgIpc) is 3.42. The van der Waals surface area contributed by atoms with Crippen LogP contribution in [0.5, 0.6) is 0 Å². The van der Waals surface area contributed by atoms with E-state index in [-0.39, 0.29) is 19.0 Å². The van der Waals surface area contributed by atoms with E-state index >= 15 is 0 Å². The topological polar surface area (TPSA) is 84.5 Å². The molecule has 0 saturated heterocycles. The van der Waals surface area contributed by atoms with E-state index in [9.17, 15) is 5.21 Å². The van der Waals surface area contributed by atoms with Crippen molar-refractivity contribution in [2.75, 3.05) is 31.6 Å². The maximum absolute atomic E-state index is 9.38. The molecule has 0 amide bonds. The molecular weight excluding hydrogens is 559 g/mol. The van der Waals surface area contributed by atoms with Gasteiger partial charge in [0.15, 0.2) is 5.65 Å². The van der Waals surface area contributed by atoms with Gasteiger partial charge in [0.1, 0.15) is 25.0 Å². The van der Waals surface area contributed by atoms with Crippen LogP contribution < -0.4 is 4.90 Å². The second-order valence-corrected chi connectivity index (χ2v) is 15.1. The molecule has 0 aliphatic heterocycles. The zero-order valence-electron chi connectivity index (χ0n) is 25.8. The van der Waals surface area contributed by atoms with Gasteiger partial charge in [0.2, 0.25) is 0 Å². The largest absolute Gasteiger partial charge is 0.411 e. The zero-order chi connectivity index (χ0) is 29.9. The van der Waals surface area contributed by atoms with E-state index in [1.54, 1.807) is 17.6 Å². The molecule has 10 heteroatoms. The lowest BCUT2D eigenvalue weighted by Gasteiger charge is -2.25. The van der Waals surface area contributed by atoms with Crippen molar-refractivity contribution < 1.29 is 14.7 Å². The van der Waals surface area contributed by atoms with Gasteiger partial charge in [0, 0.05) is 44.4 Å². The molecule has 2 heterocycles. The van der Waals surface area contributed by atoms with Crippen molar-refractivity contribution >= 4 is 36.2 Å². The number of hydrogen-bond donors (Lipinski definition) is 1. The Balaban J connectivity index is 1.34. The molecule has 0 unspecified atom stereocenters. The van der Waals surface area contributed by atoms with Crippen LogP contribution in [0.1, 0.15) is 46.0 Å². The standard InChI is InChI=1S/C32H45N5O3Si2/c1-23-12-24(2)15-28(14-23)19-41-10-8-39-21-36(22-40-9-11-42-20-29-16-25(3)13-26(4)17-29)32-18-30(27(5)35-38)34-31-6-7-33-37(31)32/h6-7,12-18,38H,8-11,19-22,41-42H2,1-5H3. The average molecular weight is 604 g/mol. The smallest absolute Gasteiger partial charge is 0.158 e. The summed E-state index contributed by atoms with van der Waals surface area (Å²) < 4.78 is 14.2. The molecule has 4 rings (SSSR count). The Morgan fingerprint density at radius 2 is 1.36 bits per heavy atom. The van der Waals surface area contributed by atoms with E-state index in [1.165, 1.54) is 45.5 Å². The second kappa shape index (κ2) is 15.8. The van der Waals surface area contributed by atoms with Crippen LogP contribution in [-0.2, 0) is 21.6 Å². The summed E-state index contributed by atoms with van der Waals surface area (Å²) in [4.78, 5) is 6.63. The van der Waals surface area contributed by atoms with Gasteiger partial charge < -0.3 is 19.6 Å². The lowest BCUT2D eigenvalue weighted by molar-refractivity contribution is 0.0948. The summed E-state index contributed by atoms with van der Waals surface area (Å²) in [6.07, 6.45) is 1.72. The Kier molecular flexibility index (Phi) is 11.9. The van der Waals surface area contributed by atoms with Gasteiger partial charge in [0.25, 0.3) is 0 Å². The van der Waals surface area contributed by atoms with Crippen molar-refractivity contribution in [2.45, 2.75) is 58.8 Å². The highest BCUT2D eigenvalue weighted by Gasteiger charge is 2.16. The Labute approximate surface area is 254 Å². The lowest BCUT2D eigenvalue weighted by atomic mass is 10.1. The molecule has 42 heavy (non-hydrogen) atoms. The fourth-order valence-electron chi connectivity index (χ4n) is 5.37. The SMILES string of the molecule is CC(=NO)c1cc(N(COCC[SiH2]Cc2cc(C)cc(C)c2)COCC[SiH2]Cc2cc(C)cc(C)c2)n2nccc2n1. The number of ether oxygens (including phenoxy) is 2. The van der Waals surface area contributed by atoms with Crippen LogP contribution in [0.25, 0.3) is 5.65 Å². The summed E-state index contributed by atoms with van der Waals surface area (Å²) >= 11 is 0. The van der Waals surface area contributed by atoms with Gasteiger partial charge in [-0.1, -0.05) is 74.9 Å². The van der Waals surface area contributed by atoms with E-state index in [1.807, 2.05) is 17.0 Å². The first kappa shape index (κ1) is 31.6. The number of hydrogen-bond acceptors (Lipinski definition) is 7. The first-order chi connectivity index (χ1) is 20.3. The Morgan fingerprint density at radius 3 is 1.86 bits per heavy atom. The summed E-state index contributed by atoms with van der Waals surface area (Å²) in [6.45, 7) is 12.6. The predicted molar refractivity (Wildman–Crippen MR) is 177 cm³/mol. The van der Waals surface area contributed by atoms with Crippen molar-refractivity contribution in [3.63, 3.8) is 0 Å². The fourth-order valence-corrected chi connectivity index (χ4v) is 8.08. The molecule has 0 aliphatic rings. The normalized spacial score (nSPS) is 12.5. The molecule has 2 aromatic carbocycles. The van der Waals surface area contributed by atoms with Crippen molar-refractivity contribution in [2.24, 2.45) is 5.16 Å². The lowest BCUT2D eigenvalue weighted by Crippen LogP contribution is -2.32. The van der Waals surface area contributed by atoms with Gasteiger partial charge in [-0.25, -0.2) is 4.98 Å². The number of rotatable bonds is 16. The molecule has 0 saturated carbocycles.